The first-order chi connectivity index (χ1) is 7.27. The zero-order valence-corrected chi connectivity index (χ0v) is 9.35. The minimum absolute atomic E-state index is 0.0270. The van der Waals surface area contributed by atoms with Crippen molar-refractivity contribution < 1.29 is 14.3 Å². The third-order valence-corrected chi connectivity index (χ3v) is 3.85. The molecule has 84 valence electrons. The standard InChI is InChI=1S/C10H15NO3S/c12-9(7-1-4-14-5-2-7)11-8-3-6-15-10(8)13/h7-8H,1-6H2,(H,11,12). The van der Waals surface area contributed by atoms with Crippen LogP contribution in [0.25, 0.3) is 0 Å². The topological polar surface area (TPSA) is 55.4 Å². The molecule has 0 bridgehead atoms. The number of ether oxygens (including phenoxy) is 1. The molecule has 0 aliphatic carbocycles. The summed E-state index contributed by atoms with van der Waals surface area (Å²) < 4.78 is 5.19. The summed E-state index contributed by atoms with van der Waals surface area (Å²) in [6.07, 6.45) is 2.33. The van der Waals surface area contributed by atoms with Crippen molar-refractivity contribution in [1.82, 2.24) is 5.32 Å². The molecule has 5 heteroatoms. The largest absolute Gasteiger partial charge is 0.381 e. The van der Waals surface area contributed by atoms with E-state index in [1.54, 1.807) is 0 Å². The van der Waals surface area contributed by atoms with E-state index in [4.69, 9.17) is 4.74 Å². The van der Waals surface area contributed by atoms with E-state index in [0.717, 1.165) is 25.0 Å². The third kappa shape index (κ3) is 2.72. The molecule has 15 heavy (non-hydrogen) atoms. The lowest BCUT2D eigenvalue weighted by molar-refractivity contribution is -0.130. The predicted molar refractivity (Wildman–Crippen MR) is 57.6 cm³/mol. The summed E-state index contributed by atoms with van der Waals surface area (Å²) in [7, 11) is 0. The van der Waals surface area contributed by atoms with Crippen molar-refractivity contribution in [2.24, 2.45) is 5.92 Å². The average Bonchev–Trinajstić information content (AvgIpc) is 2.66. The third-order valence-electron chi connectivity index (χ3n) is 2.84. The van der Waals surface area contributed by atoms with Gasteiger partial charge in [0.2, 0.25) is 11.0 Å². The van der Waals surface area contributed by atoms with E-state index in [1.165, 1.54) is 11.8 Å². The molecule has 0 aromatic rings. The lowest BCUT2D eigenvalue weighted by Crippen LogP contribution is -2.42. The van der Waals surface area contributed by atoms with Crippen molar-refractivity contribution in [1.29, 1.82) is 0 Å². The molecule has 0 radical (unpaired) electrons. The smallest absolute Gasteiger partial charge is 0.223 e. The zero-order chi connectivity index (χ0) is 10.7. The highest BCUT2D eigenvalue weighted by molar-refractivity contribution is 8.14. The van der Waals surface area contributed by atoms with Crippen molar-refractivity contribution in [3.05, 3.63) is 0 Å². The van der Waals surface area contributed by atoms with Gasteiger partial charge >= 0.3 is 0 Å². The average molecular weight is 229 g/mol. The molecule has 2 aliphatic heterocycles. The van der Waals surface area contributed by atoms with Crippen LogP contribution in [0.1, 0.15) is 19.3 Å². The molecule has 1 unspecified atom stereocenters. The lowest BCUT2D eigenvalue weighted by atomic mass is 9.99. The van der Waals surface area contributed by atoms with Gasteiger partial charge in [0.25, 0.3) is 0 Å². The molecular formula is C10H15NO3S. The fourth-order valence-electron chi connectivity index (χ4n) is 1.88. The van der Waals surface area contributed by atoms with E-state index in [-0.39, 0.29) is 23.0 Å². The number of rotatable bonds is 2. The van der Waals surface area contributed by atoms with Crippen LogP contribution in [0.2, 0.25) is 0 Å². The Morgan fingerprint density at radius 3 is 2.67 bits per heavy atom. The van der Waals surface area contributed by atoms with Crippen molar-refractivity contribution >= 4 is 22.8 Å². The van der Waals surface area contributed by atoms with Gasteiger partial charge in [-0.05, 0) is 19.3 Å². The first-order valence-electron chi connectivity index (χ1n) is 5.32. The van der Waals surface area contributed by atoms with Crippen LogP contribution in [0.4, 0.5) is 0 Å². The zero-order valence-electron chi connectivity index (χ0n) is 8.53. The molecule has 2 aliphatic rings. The van der Waals surface area contributed by atoms with Gasteiger partial charge in [-0.15, -0.1) is 0 Å². The first kappa shape index (κ1) is 11.0. The number of carbonyl (C=O) groups is 2. The summed E-state index contributed by atoms with van der Waals surface area (Å²) in [4.78, 5) is 23.1. The summed E-state index contributed by atoms with van der Waals surface area (Å²) >= 11 is 1.32. The van der Waals surface area contributed by atoms with E-state index >= 15 is 0 Å². The van der Waals surface area contributed by atoms with E-state index in [1.807, 2.05) is 0 Å². The van der Waals surface area contributed by atoms with E-state index in [2.05, 4.69) is 5.32 Å². The Morgan fingerprint density at radius 2 is 2.07 bits per heavy atom. The monoisotopic (exact) mass is 229 g/mol. The van der Waals surface area contributed by atoms with Gasteiger partial charge in [-0.1, -0.05) is 11.8 Å². The van der Waals surface area contributed by atoms with E-state index in [9.17, 15) is 9.59 Å². The summed E-state index contributed by atoms with van der Waals surface area (Å²) in [6, 6.07) is -0.245. The highest BCUT2D eigenvalue weighted by Gasteiger charge is 2.30. The summed E-state index contributed by atoms with van der Waals surface area (Å²) in [5.74, 6) is 0.897. The number of hydrogen-bond donors (Lipinski definition) is 1. The van der Waals surface area contributed by atoms with Crippen LogP contribution in [0.5, 0.6) is 0 Å². The highest BCUT2D eigenvalue weighted by Crippen LogP contribution is 2.21. The number of amides is 1. The molecule has 1 atom stereocenters. The van der Waals surface area contributed by atoms with Crippen LogP contribution in [0.3, 0.4) is 0 Å². The van der Waals surface area contributed by atoms with Crippen molar-refractivity contribution in [3.8, 4) is 0 Å². The van der Waals surface area contributed by atoms with Crippen LogP contribution < -0.4 is 5.32 Å². The van der Waals surface area contributed by atoms with Gasteiger partial charge in [0.1, 0.15) is 0 Å². The van der Waals surface area contributed by atoms with Crippen LogP contribution in [0, 0.1) is 5.92 Å². The molecular weight excluding hydrogens is 214 g/mol. The molecule has 2 fully saturated rings. The van der Waals surface area contributed by atoms with Crippen molar-refractivity contribution in [2.45, 2.75) is 25.3 Å². The van der Waals surface area contributed by atoms with Crippen LogP contribution in [0.15, 0.2) is 0 Å². The highest BCUT2D eigenvalue weighted by atomic mass is 32.2. The van der Waals surface area contributed by atoms with E-state index < -0.39 is 0 Å². The molecule has 0 aromatic carbocycles. The minimum atomic E-state index is -0.245. The quantitative estimate of drug-likeness (QED) is 0.752. The van der Waals surface area contributed by atoms with Gasteiger partial charge in [-0.25, -0.2) is 0 Å². The maximum Gasteiger partial charge on any atom is 0.223 e. The number of carbonyl (C=O) groups excluding carboxylic acids is 2. The predicted octanol–water partition coefficient (Wildman–Crippen LogP) is 0.561. The van der Waals surface area contributed by atoms with Gasteiger partial charge in [-0.2, -0.15) is 0 Å². The maximum absolute atomic E-state index is 11.8. The van der Waals surface area contributed by atoms with Crippen LogP contribution in [-0.2, 0) is 14.3 Å². The molecule has 0 aromatic heterocycles. The summed E-state index contributed by atoms with van der Waals surface area (Å²) in [5.41, 5.74) is 0. The molecule has 0 spiro atoms. The molecule has 4 nitrogen and oxygen atoms in total. The Labute approximate surface area is 93.1 Å². The summed E-state index contributed by atoms with van der Waals surface area (Å²) in [5, 5.41) is 2.94. The minimum Gasteiger partial charge on any atom is -0.381 e. The number of thioether (sulfide) groups is 1. The molecule has 2 heterocycles. The second kappa shape index (κ2) is 4.99. The van der Waals surface area contributed by atoms with Gasteiger partial charge in [-0.3, -0.25) is 9.59 Å². The summed E-state index contributed by atoms with van der Waals surface area (Å²) in [6.45, 7) is 1.32. The lowest BCUT2D eigenvalue weighted by Gasteiger charge is -2.22. The molecule has 0 saturated carbocycles. The second-order valence-electron chi connectivity index (χ2n) is 3.90. The molecule has 2 saturated heterocycles. The Kier molecular flexibility index (Phi) is 3.64. The Hall–Kier alpha value is -0.550. The Morgan fingerprint density at radius 1 is 1.33 bits per heavy atom. The normalized spacial score (nSPS) is 28.0. The molecule has 1 N–H and O–H groups in total. The van der Waals surface area contributed by atoms with Crippen LogP contribution >= 0.6 is 11.8 Å². The van der Waals surface area contributed by atoms with E-state index in [0.29, 0.717) is 13.2 Å². The van der Waals surface area contributed by atoms with Gasteiger partial charge in [0.15, 0.2) is 0 Å². The van der Waals surface area contributed by atoms with Gasteiger partial charge in [0, 0.05) is 24.9 Å². The SMILES string of the molecule is O=C(NC1CCSC1=O)C1CCOCC1. The van der Waals surface area contributed by atoms with Gasteiger partial charge < -0.3 is 10.1 Å². The maximum atomic E-state index is 11.8. The second-order valence-corrected chi connectivity index (χ2v) is 5.00. The van der Waals surface area contributed by atoms with Crippen molar-refractivity contribution in [3.63, 3.8) is 0 Å². The number of nitrogens with one attached hydrogen (secondary N) is 1. The Bertz CT molecular complexity index is 263. The fourth-order valence-corrected chi connectivity index (χ4v) is 2.81. The van der Waals surface area contributed by atoms with Crippen LogP contribution in [-0.4, -0.2) is 36.0 Å². The number of hydrogen-bond acceptors (Lipinski definition) is 4. The molecule has 2 rings (SSSR count). The van der Waals surface area contributed by atoms with Gasteiger partial charge in [0.05, 0.1) is 6.04 Å². The van der Waals surface area contributed by atoms with Crippen molar-refractivity contribution in [2.75, 3.05) is 19.0 Å². The Balaban J connectivity index is 1.82. The fraction of sp³-hybridized carbons (Fsp3) is 0.800. The first-order valence-corrected chi connectivity index (χ1v) is 6.30. The molecule has 1 amide bonds.